The quantitative estimate of drug-likeness (QED) is 0.300. The van der Waals surface area contributed by atoms with Crippen molar-refractivity contribution in [1.29, 1.82) is 0 Å². The smallest absolute Gasteiger partial charge is 0.0797 e. The van der Waals surface area contributed by atoms with Crippen LogP contribution < -0.4 is 4.90 Å². The molecule has 0 unspecified atom stereocenters. The van der Waals surface area contributed by atoms with Crippen LogP contribution in [-0.2, 0) is 0 Å². The number of hydrogen-bond donors (Lipinski definition) is 1. The van der Waals surface area contributed by atoms with Gasteiger partial charge in [-0.2, -0.15) is 0 Å². The van der Waals surface area contributed by atoms with Gasteiger partial charge < -0.3 is 9.88 Å². The summed E-state index contributed by atoms with van der Waals surface area (Å²) in [4.78, 5) is 8.54. The molecule has 4 heteroatoms. The second kappa shape index (κ2) is 6.98. The number of fused-ring (bicyclic) bond motifs is 3. The van der Waals surface area contributed by atoms with E-state index >= 15 is 0 Å². The Morgan fingerprint density at radius 2 is 1.37 bits per heavy atom. The number of nitrogens with zero attached hydrogens (tertiary/aromatic N) is 1. The molecule has 1 aromatic heterocycles. The number of nitrogens with one attached hydrogen (secondary N) is 1. The first kappa shape index (κ1) is 17.7. The fourth-order valence-corrected chi connectivity index (χ4v) is 5.41. The van der Waals surface area contributed by atoms with Crippen molar-refractivity contribution in [3.8, 4) is 11.3 Å². The van der Waals surface area contributed by atoms with Gasteiger partial charge in [0.2, 0.25) is 0 Å². The van der Waals surface area contributed by atoms with Crippen molar-refractivity contribution >= 4 is 51.3 Å². The van der Waals surface area contributed by atoms with Crippen LogP contribution in [0.5, 0.6) is 0 Å². The fourth-order valence-electron chi connectivity index (χ4n) is 4.16. The summed E-state index contributed by atoms with van der Waals surface area (Å²) in [6.45, 7) is 0. The first-order chi connectivity index (χ1) is 14.8. The molecule has 0 saturated heterocycles. The lowest BCUT2D eigenvalue weighted by molar-refractivity contribution is 1.17. The zero-order chi connectivity index (χ0) is 20.1. The number of rotatable bonds is 2. The zero-order valence-electron chi connectivity index (χ0n) is 16.0. The van der Waals surface area contributed by atoms with Crippen molar-refractivity contribution in [2.75, 3.05) is 4.90 Å². The van der Waals surface area contributed by atoms with Gasteiger partial charge in [-0.25, -0.2) is 0 Å². The molecule has 5 aromatic rings. The highest BCUT2D eigenvalue weighted by atomic mass is 35.5. The van der Waals surface area contributed by atoms with Gasteiger partial charge in [0.15, 0.2) is 0 Å². The molecule has 0 atom stereocenters. The van der Waals surface area contributed by atoms with E-state index < -0.39 is 0 Å². The van der Waals surface area contributed by atoms with Gasteiger partial charge in [-0.15, -0.1) is 0 Å². The number of benzene rings is 4. The minimum atomic E-state index is 0.729. The normalized spacial score (nSPS) is 12.6. The number of para-hydroxylation sites is 3. The zero-order valence-corrected chi connectivity index (χ0v) is 17.5. The minimum absolute atomic E-state index is 0.729. The third-order valence-electron chi connectivity index (χ3n) is 5.45. The lowest BCUT2D eigenvalue weighted by Crippen LogP contribution is -2.15. The van der Waals surface area contributed by atoms with E-state index in [0.29, 0.717) is 0 Å². The van der Waals surface area contributed by atoms with Gasteiger partial charge in [0.1, 0.15) is 0 Å². The Morgan fingerprint density at radius 3 is 2.10 bits per heavy atom. The van der Waals surface area contributed by atoms with Gasteiger partial charge in [0, 0.05) is 31.3 Å². The number of aromatic amines is 1. The molecular formula is C26H17ClN2S. The van der Waals surface area contributed by atoms with Crippen LogP contribution in [0.1, 0.15) is 0 Å². The van der Waals surface area contributed by atoms with Crippen molar-refractivity contribution in [3.05, 3.63) is 102 Å². The molecule has 0 amide bonds. The van der Waals surface area contributed by atoms with Gasteiger partial charge in [-0.3, -0.25) is 0 Å². The van der Waals surface area contributed by atoms with Crippen LogP contribution >= 0.6 is 23.4 Å². The summed E-state index contributed by atoms with van der Waals surface area (Å²) in [6.07, 6.45) is 0. The second-order valence-electron chi connectivity index (χ2n) is 7.28. The molecule has 0 bridgehead atoms. The van der Waals surface area contributed by atoms with Gasteiger partial charge in [0.05, 0.1) is 22.8 Å². The van der Waals surface area contributed by atoms with Crippen LogP contribution in [-0.4, -0.2) is 4.98 Å². The Balaban J connectivity index is 1.71. The van der Waals surface area contributed by atoms with Crippen molar-refractivity contribution in [2.45, 2.75) is 9.79 Å². The van der Waals surface area contributed by atoms with E-state index in [1.165, 1.54) is 26.6 Å². The van der Waals surface area contributed by atoms with E-state index in [0.717, 1.165) is 27.5 Å². The SMILES string of the molecule is Clc1cccc(-c2[nH]c3ccccc3c2N2c3ccccc3Sc3ccccc32)c1. The van der Waals surface area contributed by atoms with E-state index in [2.05, 4.69) is 88.7 Å². The van der Waals surface area contributed by atoms with Crippen LogP contribution in [0.15, 0.2) is 107 Å². The first-order valence-electron chi connectivity index (χ1n) is 9.82. The van der Waals surface area contributed by atoms with Gasteiger partial charge in [0.25, 0.3) is 0 Å². The van der Waals surface area contributed by atoms with Crippen LogP contribution in [0, 0.1) is 0 Å². The third kappa shape index (κ3) is 2.74. The monoisotopic (exact) mass is 424 g/mol. The highest BCUT2D eigenvalue weighted by Gasteiger charge is 2.28. The molecule has 4 aromatic carbocycles. The highest BCUT2D eigenvalue weighted by molar-refractivity contribution is 7.99. The first-order valence-corrected chi connectivity index (χ1v) is 11.0. The molecule has 30 heavy (non-hydrogen) atoms. The largest absolute Gasteiger partial charge is 0.353 e. The minimum Gasteiger partial charge on any atom is -0.353 e. The van der Waals surface area contributed by atoms with Crippen molar-refractivity contribution < 1.29 is 0 Å². The van der Waals surface area contributed by atoms with E-state index in [9.17, 15) is 0 Å². The fraction of sp³-hybridized carbons (Fsp3) is 0. The second-order valence-corrected chi connectivity index (χ2v) is 8.80. The number of H-pyrrole nitrogens is 1. The number of aromatic nitrogens is 1. The average molecular weight is 425 g/mol. The molecule has 0 saturated carbocycles. The van der Waals surface area contributed by atoms with Crippen molar-refractivity contribution in [1.82, 2.24) is 4.98 Å². The molecule has 0 spiro atoms. The third-order valence-corrected chi connectivity index (χ3v) is 6.81. The molecular weight excluding hydrogens is 408 g/mol. The lowest BCUT2D eigenvalue weighted by Gasteiger charge is -2.33. The maximum Gasteiger partial charge on any atom is 0.0797 e. The van der Waals surface area contributed by atoms with Crippen LogP contribution in [0.25, 0.3) is 22.2 Å². The van der Waals surface area contributed by atoms with E-state index in [1.807, 2.05) is 30.0 Å². The topological polar surface area (TPSA) is 19.0 Å². The van der Waals surface area contributed by atoms with Crippen LogP contribution in [0.4, 0.5) is 17.1 Å². The van der Waals surface area contributed by atoms with Crippen LogP contribution in [0.3, 0.4) is 0 Å². The summed E-state index contributed by atoms with van der Waals surface area (Å²) in [7, 11) is 0. The average Bonchev–Trinajstić information content (AvgIpc) is 3.17. The number of anilines is 3. The summed E-state index contributed by atoms with van der Waals surface area (Å²) >= 11 is 8.18. The van der Waals surface area contributed by atoms with Gasteiger partial charge in [-0.05, 0) is 42.5 Å². The Morgan fingerprint density at radius 1 is 0.700 bits per heavy atom. The standard InChI is InChI=1S/C26H17ClN2S/c27-18-9-7-8-17(16-18)25-26(19-10-1-2-11-20(19)28-25)29-21-12-3-5-14-23(21)30-24-15-6-4-13-22(24)29/h1-16,28H. The highest BCUT2D eigenvalue weighted by Crippen LogP contribution is 2.54. The summed E-state index contributed by atoms with van der Waals surface area (Å²) in [5, 5.41) is 1.91. The molecule has 1 aliphatic heterocycles. The molecule has 0 radical (unpaired) electrons. The Bertz CT molecular complexity index is 1360. The van der Waals surface area contributed by atoms with Gasteiger partial charge in [-0.1, -0.05) is 78.0 Å². The summed E-state index contributed by atoms with van der Waals surface area (Å²) < 4.78 is 0. The lowest BCUT2D eigenvalue weighted by atomic mass is 10.1. The molecule has 6 rings (SSSR count). The number of halogens is 1. The molecule has 1 N–H and O–H groups in total. The summed E-state index contributed by atoms with van der Waals surface area (Å²) in [6, 6.07) is 33.7. The molecule has 1 aliphatic rings. The predicted molar refractivity (Wildman–Crippen MR) is 128 cm³/mol. The Kier molecular flexibility index (Phi) is 4.12. The van der Waals surface area contributed by atoms with E-state index in [4.69, 9.17) is 11.6 Å². The summed E-state index contributed by atoms with van der Waals surface area (Å²) in [5.41, 5.74) is 6.77. The van der Waals surface area contributed by atoms with E-state index in [-0.39, 0.29) is 0 Å². The van der Waals surface area contributed by atoms with Crippen molar-refractivity contribution in [2.24, 2.45) is 0 Å². The summed E-state index contributed by atoms with van der Waals surface area (Å²) in [5.74, 6) is 0. The van der Waals surface area contributed by atoms with Crippen LogP contribution in [0.2, 0.25) is 5.02 Å². The van der Waals surface area contributed by atoms with Crippen molar-refractivity contribution in [3.63, 3.8) is 0 Å². The maximum absolute atomic E-state index is 6.36. The molecule has 2 heterocycles. The Labute approximate surface area is 184 Å². The van der Waals surface area contributed by atoms with E-state index in [1.54, 1.807) is 0 Å². The Hall–Kier alpha value is -3.14. The molecule has 0 fully saturated rings. The molecule has 2 nitrogen and oxygen atoms in total. The number of hydrogen-bond acceptors (Lipinski definition) is 2. The predicted octanol–water partition coefficient (Wildman–Crippen LogP) is 8.42. The van der Waals surface area contributed by atoms with Gasteiger partial charge >= 0.3 is 0 Å². The molecule has 0 aliphatic carbocycles. The maximum atomic E-state index is 6.36. The molecule has 144 valence electrons.